The van der Waals surface area contributed by atoms with Gasteiger partial charge in [-0.15, -0.1) is 0 Å². The van der Waals surface area contributed by atoms with Crippen LogP contribution in [0.1, 0.15) is 46.5 Å². The molecule has 1 fully saturated rings. The molecule has 4 rings (SSSR count). The van der Waals surface area contributed by atoms with Gasteiger partial charge in [0.1, 0.15) is 17.3 Å². The summed E-state index contributed by atoms with van der Waals surface area (Å²) in [6.45, 7) is 13.9. The lowest BCUT2D eigenvalue weighted by atomic mass is 10.1. The van der Waals surface area contributed by atoms with E-state index in [1.54, 1.807) is 7.11 Å². The summed E-state index contributed by atoms with van der Waals surface area (Å²) in [5, 5.41) is 3.11. The summed E-state index contributed by atoms with van der Waals surface area (Å²) in [6, 6.07) is 14.4. The number of methoxy groups -OCH3 is 1. The number of nitrogens with one attached hydrogen (secondary N) is 1. The van der Waals surface area contributed by atoms with Crippen LogP contribution in [0.25, 0.3) is 5.69 Å². The number of nitrogens with zero attached hydrogens (tertiary/aromatic N) is 4. The van der Waals surface area contributed by atoms with Gasteiger partial charge in [-0.3, -0.25) is 9.69 Å². The van der Waals surface area contributed by atoms with Gasteiger partial charge < -0.3 is 19.5 Å². The van der Waals surface area contributed by atoms with Gasteiger partial charge in [0.05, 0.1) is 12.8 Å². The fraction of sp³-hybridized carbons (Fsp3) is 0.448. The van der Waals surface area contributed by atoms with E-state index in [1.807, 2.05) is 31.2 Å². The number of aromatic nitrogens is 2. The van der Waals surface area contributed by atoms with Crippen molar-refractivity contribution in [2.45, 2.75) is 40.5 Å². The van der Waals surface area contributed by atoms with Crippen molar-refractivity contribution in [3.63, 3.8) is 0 Å². The second-order valence-electron chi connectivity index (χ2n) is 9.55. The minimum absolute atomic E-state index is 0.105. The molecule has 1 saturated heterocycles. The Morgan fingerprint density at radius 1 is 1.03 bits per heavy atom. The fourth-order valence-electron chi connectivity index (χ4n) is 4.94. The first kappa shape index (κ1) is 25.8. The summed E-state index contributed by atoms with van der Waals surface area (Å²) in [7, 11) is 1.66. The van der Waals surface area contributed by atoms with E-state index in [2.05, 4.69) is 58.7 Å². The third-order valence-electron chi connectivity index (χ3n) is 7.20. The second kappa shape index (κ2) is 11.6. The molecule has 0 bridgehead atoms. The number of hydrogen-bond acceptors (Lipinski definition) is 5. The number of ether oxygens (including phenoxy) is 1. The molecule has 0 saturated carbocycles. The number of carbonyl (C=O) groups is 1. The van der Waals surface area contributed by atoms with Crippen LogP contribution in [-0.4, -0.2) is 66.7 Å². The molecule has 0 unspecified atom stereocenters. The van der Waals surface area contributed by atoms with Crippen molar-refractivity contribution in [3.05, 3.63) is 70.8 Å². The van der Waals surface area contributed by atoms with Crippen LogP contribution in [-0.2, 0) is 6.42 Å². The van der Waals surface area contributed by atoms with E-state index < -0.39 is 0 Å². The van der Waals surface area contributed by atoms with E-state index in [9.17, 15) is 4.79 Å². The lowest BCUT2D eigenvalue weighted by Crippen LogP contribution is -2.48. The zero-order valence-corrected chi connectivity index (χ0v) is 22.3. The number of carbonyl (C=O) groups excluding carboxylic acids is 1. The molecule has 7 nitrogen and oxygen atoms in total. The van der Waals surface area contributed by atoms with Gasteiger partial charge in [0.15, 0.2) is 0 Å². The topological polar surface area (TPSA) is 62.6 Å². The number of aryl methyl sites for hydroxylation is 2. The van der Waals surface area contributed by atoms with E-state index in [0.29, 0.717) is 12.2 Å². The Kier molecular flexibility index (Phi) is 8.31. The van der Waals surface area contributed by atoms with Gasteiger partial charge in [0.25, 0.3) is 5.91 Å². The van der Waals surface area contributed by atoms with Gasteiger partial charge in [0, 0.05) is 57.1 Å². The molecule has 0 radical (unpaired) electrons. The molecule has 192 valence electrons. The Morgan fingerprint density at radius 3 is 2.42 bits per heavy atom. The van der Waals surface area contributed by atoms with Gasteiger partial charge >= 0.3 is 0 Å². The molecule has 0 spiro atoms. The maximum Gasteiger partial charge on any atom is 0.271 e. The van der Waals surface area contributed by atoms with Gasteiger partial charge in [-0.1, -0.05) is 19.1 Å². The standard InChI is InChI=1S/C29H39N5O2/c1-6-8-27-31-28(23(4)34(27)24-11-13-25(36-5)14-12-24)29(35)30-15-16-32-17-19-33(20-18-32)26-10-7-9-21(2)22(26)3/h7,9-14H,6,8,15-20H2,1-5H3,(H,30,35). The molecular weight excluding hydrogens is 450 g/mol. The molecule has 0 aliphatic carbocycles. The summed E-state index contributed by atoms with van der Waals surface area (Å²) in [4.78, 5) is 22.7. The Morgan fingerprint density at radius 2 is 1.75 bits per heavy atom. The summed E-state index contributed by atoms with van der Waals surface area (Å²) in [5.41, 5.74) is 6.41. The molecular formula is C29H39N5O2. The van der Waals surface area contributed by atoms with Crippen LogP contribution in [0.2, 0.25) is 0 Å². The highest BCUT2D eigenvalue weighted by molar-refractivity contribution is 5.93. The Bertz CT molecular complexity index is 1180. The zero-order chi connectivity index (χ0) is 25.7. The number of hydrogen-bond donors (Lipinski definition) is 1. The van der Waals surface area contributed by atoms with Crippen molar-refractivity contribution in [3.8, 4) is 11.4 Å². The quantitative estimate of drug-likeness (QED) is 0.485. The summed E-state index contributed by atoms with van der Waals surface area (Å²) >= 11 is 0. The van der Waals surface area contributed by atoms with Crippen molar-refractivity contribution >= 4 is 11.6 Å². The lowest BCUT2D eigenvalue weighted by molar-refractivity contribution is 0.0942. The second-order valence-corrected chi connectivity index (χ2v) is 9.55. The van der Waals surface area contributed by atoms with Crippen LogP contribution in [0, 0.1) is 20.8 Å². The number of rotatable bonds is 9. The van der Waals surface area contributed by atoms with Gasteiger partial charge in [-0.05, 0) is 68.7 Å². The Balaban J connectivity index is 1.35. The largest absolute Gasteiger partial charge is 0.497 e. The summed E-state index contributed by atoms with van der Waals surface area (Å²) in [6.07, 6.45) is 1.77. The predicted molar refractivity (Wildman–Crippen MR) is 146 cm³/mol. The molecule has 7 heteroatoms. The first-order valence-corrected chi connectivity index (χ1v) is 13.0. The number of amides is 1. The molecule has 2 heterocycles. The molecule has 1 amide bonds. The highest BCUT2D eigenvalue weighted by Gasteiger charge is 2.22. The molecule has 3 aromatic rings. The highest BCUT2D eigenvalue weighted by Crippen LogP contribution is 2.24. The van der Waals surface area contributed by atoms with Crippen LogP contribution >= 0.6 is 0 Å². The minimum atomic E-state index is -0.105. The number of piperazine rings is 1. The third kappa shape index (κ3) is 5.57. The molecule has 1 aliphatic rings. The summed E-state index contributed by atoms with van der Waals surface area (Å²) in [5.74, 6) is 1.61. The first-order valence-electron chi connectivity index (χ1n) is 13.0. The van der Waals surface area contributed by atoms with Crippen LogP contribution < -0.4 is 15.0 Å². The molecule has 1 aliphatic heterocycles. The van der Waals surface area contributed by atoms with E-state index in [0.717, 1.165) is 68.5 Å². The Hall–Kier alpha value is -3.32. The van der Waals surface area contributed by atoms with Crippen LogP contribution in [0.3, 0.4) is 0 Å². The average molecular weight is 490 g/mol. The number of anilines is 1. The number of imidazole rings is 1. The number of benzene rings is 2. The summed E-state index contributed by atoms with van der Waals surface area (Å²) < 4.78 is 7.38. The SMILES string of the molecule is CCCc1nc(C(=O)NCCN2CCN(c3cccc(C)c3C)CC2)c(C)n1-c1ccc(OC)cc1. The normalized spacial score (nSPS) is 14.2. The van der Waals surface area contributed by atoms with Crippen LogP contribution in [0.5, 0.6) is 5.75 Å². The Labute approximate surface area is 215 Å². The van der Waals surface area contributed by atoms with E-state index in [1.165, 1.54) is 16.8 Å². The maximum absolute atomic E-state index is 13.1. The molecule has 0 atom stereocenters. The monoisotopic (exact) mass is 489 g/mol. The van der Waals surface area contributed by atoms with Gasteiger partial charge in [-0.2, -0.15) is 0 Å². The lowest BCUT2D eigenvalue weighted by Gasteiger charge is -2.37. The van der Waals surface area contributed by atoms with E-state index in [4.69, 9.17) is 9.72 Å². The van der Waals surface area contributed by atoms with Crippen molar-refractivity contribution in [2.24, 2.45) is 0 Å². The maximum atomic E-state index is 13.1. The van der Waals surface area contributed by atoms with Crippen molar-refractivity contribution in [2.75, 3.05) is 51.3 Å². The minimum Gasteiger partial charge on any atom is -0.497 e. The van der Waals surface area contributed by atoms with Crippen molar-refractivity contribution in [1.29, 1.82) is 0 Å². The molecule has 36 heavy (non-hydrogen) atoms. The molecule has 1 aromatic heterocycles. The predicted octanol–water partition coefficient (Wildman–Crippen LogP) is 4.31. The first-order chi connectivity index (χ1) is 17.4. The van der Waals surface area contributed by atoms with Gasteiger partial charge in [-0.25, -0.2) is 4.98 Å². The molecule has 2 aromatic carbocycles. The van der Waals surface area contributed by atoms with Crippen molar-refractivity contribution in [1.82, 2.24) is 19.8 Å². The highest BCUT2D eigenvalue weighted by atomic mass is 16.5. The third-order valence-corrected chi connectivity index (χ3v) is 7.20. The van der Waals surface area contributed by atoms with Crippen LogP contribution in [0.4, 0.5) is 5.69 Å². The van der Waals surface area contributed by atoms with Gasteiger partial charge in [0.2, 0.25) is 0 Å². The van der Waals surface area contributed by atoms with E-state index >= 15 is 0 Å². The average Bonchev–Trinajstić information content (AvgIpc) is 3.22. The molecule has 1 N–H and O–H groups in total. The van der Waals surface area contributed by atoms with Crippen molar-refractivity contribution < 1.29 is 9.53 Å². The smallest absolute Gasteiger partial charge is 0.271 e. The van der Waals surface area contributed by atoms with E-state index in [-0.39, 0.29) is 5.91 Å². The zero-order valence-electron chi connectivity index (χ0n) is 22.3. The fourth-order valence-corrected chi connectivity index (χ4v) is 4.94. The van der Waals surface area contributed by atoms with Crippen LogP contribution in [0.15, 0.2) is 42.5 Å².